The van der Waals surface area contributed by atoms with Crippen molar-refractivity contribution in [3.63, 3.8) is 0 Å². The number of halogens is 1. The van der Waals surface area contributed by atoms with Gasteiger partial charge >= 0.3 is 0 Å². The van der Waals surface area contributed by atoms with Crippen LogP contribution in [0.3, 0.4) is 0 Å². The zero-order valence-corrected chi connectivity index (χ0v) is 19.3. The molecule has 2 aromatic carbocycles. The number of nitriles is 1. The zero-order valence-electron chi connectivity index (χ0n) is 17.8. The maximum absolute atomic E-state index is 12.9. The third kappa shape index (κ3) is 3.56. The molecule has 0 radical (unpaired) electrons. The van der Waals surface area contributed by atoms with E-state index in [1.54, 1.807) is 7.05 Å². The SMILES string of the molecule is Cn1c(=O)c(C#N)c(N2CCN(Cc3cccc4ccccc34)CC2)c2nc(Br)ccc21. The Morgan fingerprint density at radius 1 is 1.03 bits per heavy atom. The summed E-state index contributed by atoms with van der Waals surface area (Å²) in [6, 6.07) is 20.8. The average molecular weight is 488 g/mol. The fraction of sp³-hybridized carbons (Fsp3) is 0.240. The quantitative estimate of drug-likeness (QED) is 0.408. The molecule has 1 aliphatic rings. The summed E-state index contributed by atoms with van der Waals surface area (Å²) in [5, 5.41) is 12.3. The number of aryl methyl sites for hydroxylation is 1. The van der Waals surface area contributed by atoms with Crippen LogP contribution in [0, 0.1) is 11.3 Å². The highest BCUT2D eigenvalue weighted by Gasteiger charge is 2.25. The minimum Gasteiger partial charge on any atom is -0.366 e. The number of pyridine rings is 2. The number of aromatic nitrogens is 2. The Labute approximate surface area is 194 Å². The van der Waals surface area contributed by atoms with Gasteiger partial charge in [0.1, 0.15) is 21.8 Å². The molecule has 7 heteroatoms. The van der Waals surface area contributed by atoms with Crippen molar-refractivity contribution in [3.8, 4) is 6.07 Å². The minimum atomic E-state index is -0.280. The van der Waals surface area contributed by atoms with Crippen molar-refractivity contribution in [1.29, 1.82) is 5.26 Å². The fourth-order valence-corrected chi connectivity index (χ4v) is 4.89. The molecule has 0 spiro atoms. The van der Waals surface area contributed by atoms with Crippen molar-refractivity contribution in [2.24, 2.45) is 7.05 Å². The van der Waals surface area contributed by atoms with Crippen LogP contribution < -0.4 is 10.5 Å². The largest absolute Gasteiger partial charge is 0.366 e. The van der Waals surface area contributed by atoms with Crippen molar-refractivity contribution in [1.82, 2.24) is 14.5 Å². The second-order valence-corrected chi connectivity index (χ2v) is 8.92. The molecule has 1 fully saturated rings. The summed E-state index contributed by atoms with van der Waals surface area (Å²) >= 11 is 3.44. The highest BCUT2D eigenvalue weighted by Crippen LogP contribution is 2.29. The molecule has 32 heavy (non-hydrogen) atoms. The van der Waals surface area contributed by atoms with Gasteiger partial charge in [0.15, 0.2) is 0 Å². The molecule has 0 aliphatic carbocycles. The van der Waals surface area contributed by atoms with Crippen LogP contribution in [0.4, 0.5) is 5.69 Å². The Bertz CT molecular complexity index is 1430. The van der Waals surface area contributed by atoms with Gasteiger partial charge in [0.05, 0.1) is 11.2 Å². The first-order chi connectivity index (χ1) is 15.6. The Morgan fingerprint density at radius 2 is 1.78 bits per heavy atom. The summed E-state index contributed by atoms with van der Waals surface area (Å²) in [5.74, 6) is 0. The standard InChI is InChI=1S/C25H22BrN5O/c1-29-21-9-10-22(26)28-23(21)24(20(15-27)25(29)32)31-13-11-30(12-14-31)16-18-7-4-6-17-5-2-3-8-19(17)18/h2-10H,11-14,16H2,1H3. The molecule has 5 rings (SSSR count). The van der Waals surface area contributed by atoms with E-state index in [-0.39, 0.29) is 11.1 Å². The number of fused-ring (bicyclic) bond motifs is 2. The van der Waals surface area contributed by atoms with Crippen LogP contribution in [0.5, 0.6) is 0 Å². The molecule has 0 unspecified atom stereocenters. The highest BCUT2D eigenvalue weighted by atomic mass is 79.9. The van der Waals surface area contributed by atoms with E-state index >= 15 is 0 Å². The number of hydrogen-bond acceptors (Lipinski definition) is 5. The summed E-state index contributed by atoms with van der Waals surface area (Å²) in [7, 11) is 1.69. The van der Waals surface area contributed by atoms with Crippen LogP contribution in [0.1, 0.15) is 11.1 Å². The van der Waals surface area contributed by atoms with Crippen molar-refractivity contribution < 1.29 is 0 Å². The van der Waals surface area contributed by atoms with E-state index in [2.05, 4.69) is 79.2 Å². The Balaban J connectivity index is 1.44. The number of hydrogen-bond donors (Lipinski definition) is 0. The molecule has 0 atom stereocenters. The minimum absolute atomic E-state index is 0.160. The van der Waals surface area contributed by atoms with Crippen LogP contribution in [0.15, 0.2) is 64.0 Å². The monoisotopic (exact) mass is 487 g/mol. The number of rotatable bonds is 3. The summed E-state index contributed by atoms with van der Waals surface area (Å²) in [4.78, 5) is 22.1. The van der Waals surface area contributed by atoms with Gasteiger partial charge in [0.2, 0.25) is 0 Å². The lowest BCUT2D eigenvalue weighted by Gasteiger charge is -2.37. The summed E-state index contributed by atoms with van der Waals surface area (Å²) < 4.78 is 2.19. The van der Waals surface area contributed by atoms with E-state index in [0.717, 1.165) is 38.2 Å². The Morgan fingerprint density at radius 3 is 2.56 bits per heavy atom. The Hall–Kier alpha value is -3.21. The van der Waals surface area contributed by atoms with Gasteiger partial charge in [0.25, 0.3) is 5.56 Å². The van der Waals surface area contributed by atoms with Crippen LogP contribution in [-0.2, 0) is 13.6 Å². The van der Waals surface area contributed by atoms with E-state index in [1.165, 1.54) is 20.9 Å². The summed E-state index contributed by atoms with van der Waals surface area (Å²) in [5.41, 5.74) is 3.26. The molecular weight excluding hydrogens is 466 g/mol. The smallest absolute Gasteiger partial charge is 0.270 e. The highest BCUT2D eigenvalue weighted by molar-refractivity contribution is 9.10. The lowest BCUT2D eigenvalue weighted by molar-refractivity contribution is 0.251. The van der Waals surface area contributed by atoms with Gasteiger partial charge in [-0.15, -0.1) is 0 Å². The van der Waals surface area contributed by atoms with Gasteiger partial charge < -0.3 is 9.47 Å². The normalized spacial score (nSPS) is 14.7. The number of nitrogens with zero attached hydrogens (tertiary/aromatic N) is 5. The predicted molar refractivity (Wildman–Crippen MR) is 131 cm³/mol. The van der Waals surface area contributed by atoms with Crippen LogP contribution in [0.25, 0.3) is 21.8 Å². The van der Waals surface area contributed by atoms with E-state index in [1.807, 2.05) is 12.1 Å². The molecular formula is C25H22BrN5O. The van der Waals surface area contributed by atoms with Gasteiger partial charge in [-0.2, -0.15) is 5.26 Å². The Kier molecular flexibility index (Phi) is 5.41. The summed E-state index contributed by atoms with van der Waals surface area (Å²) in [6.45, 7) is 4.03. The maximum Gasteiger partial charge on any atom is 0.270 e. The first-order valence-electron chi connectivity index (χ1n) is 10.6. The van der Waals surface area contributed by atoms with Crippen molar-refractivity contribution >= 4 is 43.4 Å². The first-order valence-corrected chi connectivity index (χ1v) is 11.4. The molecule has 3 heterocycles. The molecule has 1 saturated heterocycles. The lowest BCUT2D eigenvalue weighted by Crippen LogP contribution is -2.47. The molecule has 160 valence electrons. The third-order valence-electron chi connectivity index (χ3n) is 6.26. The van der Waals surface area contributed by atoms with Gasteiger partial charge in [-0.25, -0.2) is 4.98 Å². The molecule has 4 aromatic rings. The zero-order chi connectivity index (χ0) is 22.2. The van der Waals surface area contributed by atoms with E-state index in [4.69, 9.17) is 0 Å². The number of anilines is 1. The molecule has 1 aliphatic heterocycles. The summed E-state index contributed by atoms with van der Waals surface area (Å²) in [6.07, 6.45) is 0. The molecule has 0 amide bonds. The van der Waals surface area contributed by atoms with Gasteiger partial charge in [-0.05, 0) is 44.4 Å². The topological polar surface area (TPSA) is 65.2 Å². The van der Waals surface area contributed by atoms with Crippen LogP contribution >= 0.6 is 15.9 Å². The molecule has 0 saturated carbocycles. The van der Waals surface area contributed by atoms with Gasteiger partial charge in [0, 0.05) is 39.8 Å². The number of piperazine rings is 1. The van der Waals surface area contributed by atoms with Crippen molar-refractivity contribution in [3.05, 3.63) is 80.7 Å². The lowest BCUT2D eigenvalue weighted by atomic mass is 10.0. The molecule has 0 N–H and O–H groups in total. The second kappa shape index (κ2) is 8.38. The van der Waals surface area contributed by atoms with E-state index < -0.39 is 0 Å². The van der Waals surface area contributed by atoms with Crippen molar-refractivity contribution in [2.75, 3.05) is 31.1 Å². The van der Waals surface area contributed by atoms with Gasteiger partial charge in [-0.1, -0.05) is 42.5 Å². The maximum atomic E-state index is 12.9. The van der Waals surface area contributed by atoms with Gasteiger partial charge in [-0.3, -0.25) is 9.69 Å². The first kappa shape index (κ1) is 20.7. The van der Waals surface area contributed by atoms with E-state index in [9.17, 15) is 10.1 Å². The van der Waals surface area contributed by atoms with Crippen LogP contribution in [0.2, 0.25) is 0 Å². The second-order valence-electron chi connectivity index (χ2n) is 8.10. The fourth-order valence-electron chi connectivity index (χ4n) is 4.58. The number of benzene rings is 2. The molecule has 0 bridgehead atoms. The van der Waals surface area contributed by atoms with Crippen LogP contribution in [-0.4, -0.2) is 40.6 Å². The predicted octanol–water partition coefficient (Wildman–Crippen LogP) is 4.04. The van der Waals surface area contributed by atoms with E-state index in [0.29, 0.717) is 15.8 Å². The molecule has 2 aromatic heterocycles. The molecule has 6 nitrogen and oxygen atoms in total. The average Bonchev–Trinajstić information content (AvgIpc) is 2.82. The third-order valence-corrected chi connectivity index (χ3v) is 6.70. The van der Waals surface area contributed by atoms with Crippen molar-refractivity contribution in [2.45, 2.75) is 6.54 Å².